The molecule has 0 aliphatic heterocycles. The van der Waals surface area contributed by atoms with Crippen LogP contribution < -0.4 is 19.8 Å². The highest BCUT2D eigenvalue weighted by Gasteiger charge is 2.26. The fourth-order valence-electron chi connectivity index (χ4n) is 5.96. The summed E-state index contributed by atoms with van der Waals surface area (Å²) in [6.45, 7) is 10.6. The molecule has 0 radical (unpaired) electrons. The summed E-state index contributed by atoms with van der Waals surface area (Å²) in [7, 11) is -2.00. The van der Waals surface area contributed by atoms with Crippen LogP contribution in [0.25, 0.3) is 45.8 Å². The molecule has 8 nitrogen and oxygen atoms in total. The van der Waals surface area contributed by atoms with Crippen molar-refractivity contribution in [3.8, 4) is 57.3 Å². The minimum Gasteiger partial charge on any atom is -0.494 e. The van der Waals surface area contributed by atoms with Crippen LogP contribution in [0.15, 0.2) is 106 Å². The molecule has 0 amide bonds. The standard InChI is InChI=1S/C42H48N4O4Si/c1-5-7-9-11-29-47-35-21-13-31(14-22-35)39-43-45-41(49-39)33-17-25-37(26-18-33)51(3,4)38-27-19-34(20-28-38)42-46-44-40(50-42)32-15-23-36(24-16-32)48-30-12-10-8-6-2/h13-28H,5-12,29-30H2,1-4H3. The summed E-state index contributed by atoms with van der Waals surface area (Å²) < 4.78 is 23.9. The van der Waals surface area contributed by atoms with Gasteiger partial charge in [0.05, 0.1) is 13.2 Å². The molecule has 2 aromatic heterocycles. The largest absolute Gasteiger partial charge is 0.494 e. The van der Waals surface area contributed by atoms with E-state index >= 15 is 0 Å². The van der Waals surface area contributed by atoms with Crippen molar-refractivity contribution < 1.29 is 18.3 Å². The number of ether oxygens (including phenoxy) is 2. The van der Waals surface area contributed by atoms with E-state index in [0.29, 0.717) is 23.6 Å². The van der Waals surface area contributed by atoms with Crippen LogP contribution in [-0.2, 0) is 0 Å². The smallest absolute Gasteiger partial charge is 0.248 e. The molecule has 0 aliphatic rings. The third-order valence-electron chi connectivity index (χ3n) is 9.29. The van der Waals surface area contributed by atoms with Gasteiger partial charge >= 0.3 is 0 Å². The Kier molecular flexibility index (Phi) is 12.1. The molecule has 264 valence electrons. The van der Waals surface area contributed by atoms with Crippen molar-refractivity contribution in [2.75, 3.05) is 13.2 Å². The SMILES string of the molecule is CCCCCCOc1ccc(-c2nnc(-c3ccc([Si](C)(C)c4ccc(-c5nnc(-c6ccc(OCCCCCC)cc6)o5)cc4)cc3)o2)cc1. The highest BCUT2D eigenvalue weighted by molar-refractivity contribution is 7.00. The van der Waals surface area contributed by atoms with Crippen molar-refractivity contribution >= 4 is 18.4 Å². The predicted octanol–water partition coefficient (Wildman–Crippen LogP) is 9.86. The van der Waals surface area contributed by atoms with Gasteiger partial charge in [0.25, 0.3) is 0 Å². The van der Waals surface area contributed by atoms with E-state index in [2.05, 4.69) is 95.9 Å². The molecular weight excluding hydrogens is 653 g/mol. The molecular formula is C42H48N4O4Si. The summed E-state index contributed by atoms with van der Waals surface area (Å²) in [5.41, 5.74) is 3.51. The molecule has 2 heterocycles. The second-order valence-electron chi connectivity index (χ2n) is 13.5. The first-order valence-electron chi connectivity index (χ1n) is 18.3. The average molecular weight is 701 g/mol. The van der Waals surface area contributed by atoms with E-state index in [1.807, 2.05) is 48.5 Å². The number of hydrogen-bond donors (Lipinski definition) is 0. The van der Waals surface area contributed by atoms with Crippen LogP contribution in [0.3, 0.4) is 0 Å². The maximum atomic E-state index is 6.07. The number of nitrogens with zero attached hydrogens (tertiary/aromatic N) is 4. The summed E-state index contributed by atoms with van der Waals surface area (Å²) in [6.07, 6.45) is 9.47. The van der Waals surface area contributed by atoms with E-state index in [4.69, 9.17) is 18.3 Å². The Balaban J connectivity index is 1.05. The van der Waals surface area contributed by atoms with Gasteiger partial charge in [-0.1, -0.05) is 100 Å². The molecule has 51 heavy (non-hydrogen) atoms. The molecule has 6 rings (SSSR count). The van der Waals surface area contributed by atoms with E-state index in [1.165, 1.54) is 48.9 Å². The number of aromatic nitrogens is 4. The van der Waals surface area contributed by atoms with E-state index < -0.39 is 8.07 Å². The molecule has 9 heteroatoms. The first kappa shape index (κ1) is 35.8. The fraction of sp³-hybridized carbons (Fsp3) is 0.333. The fourth-order valence-corrected chi connectivity index (χ4v) is 8.30. The number of hydrogen-bond acceptors (Lipinski definition) is 8. The molecule has 4 aromatic carbocycles. The highest BCUT2D eigenvalue weighted by Crippen LogP contribution is 2.27. The minimum absolute atomic E-state index is 0.489. The zero-order valence-corrected chi connectivity index (χ0v) is 31.2. The lowest BCUT2D eigenvalue weighted by atomic mass is 10.2. The first-order chi connectivity index (χ1) is 24.9. The van der Waals surface area contributed by atoms with Crippen LogP contribution >= 0.6 is 0 Å². The second-order valence-corrected chi connectivity index (χ2v) is 17.9. The maximum Gasteiger partial charge on any atom is 0.248 e. The van der Waals surface area contributed by atoms with Gasteiger partial charge in [-0.25, -0.2) is 0 Å². The Morgan fingerprint density at radius 2 is 0.745 bits per heavy atom. The van der Waals surface area contributed by atoms with Crippen LogP contribution in [0, 0.1) is 0 Å². The zero-order valence-electron chi connectivity index (χ0n) is 30.2. The van der Waals surface area contributed by atoms with Gasteiger partial charge in [0.15, 0.2) is 0 Å². The van der Waals surface area contributed by atoms with Gasteiger partial charge in [-0.15, -0.1) is 20.4 Å². The van der Waals surface area contributed by atoms with Gasteiger partial charge in [-0.3, -0.25) is 0 Å². The average Bonchev–Trinajstić information content (AvgIpc) is 3.87. The van der Waals surface area contributed by atoms with Crippen molar-refractivity contribution in [2.24, 2.45) is 0 Å². The van der Waals surface area contributed by atoms with Crippen molar-refractivity contribution in [3.05, 3.63) is 97.1 Å². The maximum absolute atomic E-state index is 6.07. The quantitative estimate of drug-likeness (QED) is 0.0646. The Morgan fingerprint density at radius 3 is 1.06 bits per heavy atom. The molecule has 0 bridgehead atoms. The third-order valence-corrected chi connectivity index (χ3v) is 12.8. The molecule has 6 aromatic rings. The van der Waals surface area contributed by atoms with Gasteiger partial charge in [0.1, 0.15) is 19.6 Å². The monoisotopic (exact) mass is 700 g/mol. The summed E-state index contributed by atoms with van der Waals surface area (Å²) in [4.78, 5) is 0. The molecule has 0 unspecified atom stereocenters. The van der Waals surface area contributed by atoms with E-state index in [9.17, 15) is 0 Å². The van der Waals surface area contributed by atoms with Crippen molar-refractivity contribution in [1.29, 1.82) is 0 Å². The van der Waals surface area contributed by atoms with Crippen molar-refractivity contribution in [3.63, 3.8) is 0 Å². The zero-order chi connectivity index (χ0) is 35.5. The van der Waals surface area contributed by atoms with Gasteiger partial charge in [0, 0.05) is 22.3 Å². The number of unbranched alkanes of at least 4 members (excludes halogenated alkanes) is 6. The van der Waals surface area contributed by atoms with Crippen LogP contribution in [0.4, 0.5) is 0 Å². The summed E-state index contributed by atoms with van der Waals surface area (Å²) in [5, 5.41) is 19.9. The Bertz CT molecular complexity index is 1790. The second kappa shape index (κ2) is 17.3. The molecule has 0 saturated carbocycles. The van der Waals surface area contributed by atoms with E-state index in [1.54, 1.807) is 0 Å². The number of rotatable bonds is 18. The normalized spacial score (nSPS) is 11.5. The first-order valence-corrected chi connectivity index (χ1v) is 21.3. The number of benzene rings is 4. The molecule has 0 saturated heterocycles. The molecule has 0 atom stereocenters. The lowest BCUT2D eigenvalue weighted by molar-refractivity contribution is 0.305. The molecule has 0 N–H and O–H groups in total. The molecule has 0 aliphatic carbocycles. The topological polar surface area (TPSA) is 96.3 Å². The van der Waals surface area contributed by atoms with Crippen molar-refractivity contribution in [2.45, 2.75) is 78.3 Å². The van der Waals surface area contributed by atoms with Gasteiger partial charge in [0.2, 0.25) is 23.6 Å². The molecule has 0 spiro atoms. The van der Waals surface area contributed by atoms with Gasteiger partial charge < -0.3 is 18.3 Å². The van der Waals surface area contributed by atoms with Crippen LogP contribution in [0.5, 0.6) is 11.5 Å². The van der Waals surface area contributed by atoms with E-state index in [-0.39, 0.29) is 0 Å². The lowest BCUT2D eigenvalue weighted by Crippen LogP contribution is -2.52. The Hall–Kier alpha value is -5.02. The molecule has 0 fully saturated rings. The summed E-state index contributed by atoms with van der Waals surface area (Å²) >= 11 is 0. The predicted molar refractivity (Wildman–Crippen MR) is 206 cm³/mol. The van der Waals surface area contributed by atoms with Crippen molar-refractivity contribution in [1.82, 2.24) is 20.4 Å². The van der Waals surface area contributed by atoms with Crippen LogP contribution in [-0.4, -0.2) is 41.7 Å². The van der Waals surface area contributed by atoms with Gasteiger partial charge in [-0.2, -0.15) is 0 Å². The summed E-state index contributed by atoms with van der Waals surface area (Å²) in [6, 6.07) is 32.7. The lowest BCUT2D eigenvalue weighted by Gasteiger charge is -2.24. The van der Waals surface area contributed by atoms with Crippen LogP contribution in [0.1, 0.15) is 65.2 Å². The van der Waals surface area contributed by atoms with Crippen LogP contribution in [0.2, 0.25) is 13.1 Å². The minimum atomic E-state index is -2.00. The Labute approximate surface area is 302 Å². The summed E-state index contributed by atoms with van der Waals surface area (Å²) in [5.74, 6) is 3.68. The third kappa shape index (κ3) is 9.21. The highest BCUT2D eigenvalue weighted by atomic mass is 28.3. The van der Waals surface area contributed by atoms with E-state index in [0.717, 1.165) is 59.8 Å². The Morgan fingerprint density at radius 1 is 0.431 bits per heavy atom. The van der Waals surface area contributed by atoms with Gasteiger partial charge in [-0.05, 0) is 85.6 Å².